The molecule has 0 aliphatic rings. The Hall–Kier alpha value is -1.94. The summed E-state index contributed by atoms with van der Waals surface area (Å²) in [6.45, 7) is 14.2. The Morgan fingerprint density at radius 2 is 0.516 bits per heavy atom. The summed E-state index contributed by atoms with van der Waals surface area (Å²) in [6, 6.07) is 0. The van der Waals surface area contributed by atoms with Gasteiger partial charge in [0.2, 0.25) is 0 Å². The van der Waals surface area contributed by atoms with Gasteiger partial charge in [-0.15, -0.1) is 0 Å². The third-order valence-electron chi connectivity index (χ3n) is 17.4. The summed E-state index contributed by atoms with van der Waals surface area (Å²) in [5.41, 5.74) is 0. The summed E-state index contributed by atoms with van der Waals surface area (Å²) in [4.78, 5) is 72.7. The lowest BCUT2D eigenvalue weighted by Crippen LogP contribution is -2.30. The van der Waals surface area contributed by atoms with Gasteiger partial charge in [0.1, 0.15) is 19.3 Å². The molecule has 0 rings (SSSR count). The number of carbonyl (C=O) groups is 4. The lowest BCUT2D eigenvalue weighted by atomic mass is 10.00. The van der Waals surface area contributed by atoms with Gasteiger partial charge >= 0.3 is 39.5 Å². The van der Waals surface area contributed by atoms with Crippen molar-refractivity contribution in [2.45, 2.75) is 388 Å². The van der Waals surface area contributed by atoms with Gasteiger partial charge in [-0.25, -0.2) is 9.13 Å². The number of carbonyl (C=O) groups excluding carboxylic acids is 4. The lowest BCUT2D eigenvalue weighted by molar-refractivity contribution is -0.161. The number of unbranched alkanes of at least 4 members (excludes halogenated alkanes) is 36. The standard InChI is InChI=1S/C74H144O17P2/c1-9-67(8)53-45-37-32-33-39-47-55-72(77)85-61-70(91-74(79)57-49-41-31-25-19-17-22-28-36-44-52-66(6)7)63-89-93(82,83)87-59-68(75)58-86-92(80,81)88-62-69(60-84-71(76)54-46-38-29-23-18-16-21-27-35-43-51-65(4)5)90-73(78)56-48-40-30-24-15-13-11-10-12-14-20-26-34-42-50-64(2)3/h64-70,75H,9-63H2,1-8H3,(H,80,81)(H,82,83)/t67?,68-,69-,70-/m1/s1. The van der Waals surface area contributed by atoms with Gasteiger partial charge in [0, 0.05) is 25.7 Å². The van der Waals surface area contributed by atoms with Gasteiger partial charge in [-0.1, -0.05) is 319 Å². The highest BCUT2D eigenvalue weighted by atomic mass is 31.2. The highest BCUT2D eigenvalue weighted by molar-refractivity contribution is 7.47. The molecule has 0 saturated carbocycles. The number of aliphatic hydroxyl groups is 1. The first-order chi connectivity index (χ1) is 44.6. The van der Waals surface area contributed by atoms with Gasteiger partial charge in [-0.05, 0) is 49.4 Å². The van der Waals surface area contributed by atoms with E-state index in [9.17, 15) is 43.2 Å². The van der Waals surface area contributed by atoms with E-state index in [4.69, 9.17) is 37.0 Å². The fourth-order valence-corrected chi connectivity index (χ4v) is 12.7. The maximum atomic E-state index is 13.1. The van der Waals surface area contributed by atoms with E-state index in [0.717, 1.165) is 120 Å². The second-order valence-electron chi connectivity index (χ2n) is 28.4. The quantitative estimate of drug-likeness (QED) is 0.0222. The van der Waals surface area contributed by atoms with E-state index in [1.54, 1.807) is 0 Å². The maximum absolute atomic E-state index is 13.1. The highest BCUT2D eigenvalue weighted by Crippen LogP contribution is 2.45. The van der Waals surface area contributed by atoms with Gasteiger partial charge < -0.3 is 33.8 Å². The van der Waals surface area contributed by atoms with Gasteiger partial charge in [-0.2, -0.15) is 0 Å². The van der Waals surface area contributed by atoms with Crippen molar-refractivity contribution in [3.8, 4) is 0 Å². The third kappa shape index (κ3) is 67.0. The van der Waals surface area contributed by atoms with E-state index >= 15 is 0 Å². The number of esters is 4. The van der Waals surface area contributed by atoms with Crippen molar-refractivity contribution in [1.29, 1.82) is 0 Å². The summed E-state index contributed by atoms with van der Waals surface area (Å²) < 4.78 is 68.5. The zero-order valence-corrected chi connectivity index (χ0v) is 62.7. The van der Waals surface area contributed by atoms with Crippen LogP contribution in [0.3, 0.4) is 0 Å². The molecule has 0 heterocycles. The molecule has 0 aromatic heterocycles. The Morgan fingerprint density at radius 3 is 0.763 bits per heavy atom. The van der Waals surface area contributed by atoms with Crippen LogP contribution < -0.4 is 0 Å². The second kappa shape index (κ2) is 63.5. The van der Waals surface area contributed by atoms with Gasteiger partial charge in [0.25, 0.3) is 0 Å². The van der Waals surface area contributed by atoms with Crippen LogP contribution in [0, 0.1) is 23.7 Å². The molecule has 0 bridgehead atoms. The summed E-state index contributed by atoms with van der Waals surface area (Å²) in [5.74, 6) is 0.912. The number of aliphatic hydroxyl groups excluding tert-OH is 1. The zero-order valence-electron chi connectivity index (χ0n) is 60.9. The van der Waals surface area contributed by atoms with E-state index in [-0.39, 0.29) is 25.7 Å². The number of hydrogen-bond donors (Lipinski definition) is 3. The van der Waals surface area contributed by atoms with Crippen molar-refractivity contribution < 1.29 is 80.2 Å². The minimum absolute atomic E-state index is 0.105. The largest absolute Gasteiger partial charge is 0.472 e. The summed E-state index contributed by atoms with van der Waals surface area (Å²) in [7, 11) is -9.91. The molecule has 0 aromatic carbocycles. The van der Waals surface area contributed by atoms with Crippen molar-refractivity contribution >= 4 is 39.5 Å². The van der Waals surface area contributed by atoms with Gasteiger partial charge in [0.05, 0.1) is 26.4 Å². The minimum Gasteiger partial charge on any atom is -0.462 e. The number of hydrogen-bond acceptors (Lipinski definition) is 15. The van der Waals surface area contributed by atoms with E-state index in [2.05, 4.69) is 55.4 Å². The first-order valence-electron chi connectivity index (χ1n) is 38.2. The van der Waals surface area contributed by atoms with E-state index < -0.39 is 97.5 Å². The first kappa shape index (κ1) is 91.1. The highest BCUT2D eigenvalue weighted by Gasteiger charge is 2.30. The van der Waals surface area contributed by atoms with Crippen LogP contribution in [-0.2, 0) is 65.4 Å². The number of phosphoric acid groups is 2. The van der Waals surface area contributed by atoms with Crippen molar-refractivity contribution in [2.75, 3.05) is 39.6 Å². The molecule has 17 nitrogen and oxygen atoms in total. The molecule has 0 fully saturated rings. The number of ether oxygens (including phenoxy) is 4. The second-order valence-corrected chi connectivity index (χ2v) is 31.3. The van der Waals surface area contributed by atoms with Crippen molar-refractivity contribution in [1.82, 2.24) is 0 Å². The number of rotatable bonds is 71. The maximum Gasteiger partial charge on any atom is 0.472 e. The first-order valence-corrected chi connectivity index (χ1v) is 41.2. The van der Waals surface area contributed by atoms with Crippen LogP contribution in [0.15, 0.2) is 0 Å². The SMILES string of the molecule is CCC(C)CCCCCCCCC(=O)OC[C@H](COP(=O)(O)OC[C@H](O)COP(=O)(O)OC[C@@H](COC(=O)CCCCCCCCCCCCC(C)C)OC(=O)CCCCCCCCCCCCCCCCC(C)C)OC(=O)CCCCCCCCCCCCC(C)C. The molecule has 552 valence electrons. The average Bonchev–Trinajstić information content (AvgIpc) is 1.75. The van der Waals surface area contributed by atoms with E-state index in [1.165, 1.54) is 167 Å². The smallest absolute Gasteiger partial charge is 0.462 e. The van der Waals surface area contributed by atoms with Crippen LogP contribution in [0.5, 0.6) is 0 Å². The molecule has 3 N–H and O–H groups in total. The summed E-state index contributed by atoms with van der Waals surface area (Å²) in [6.07, 6.45) is 47.2. The third-order valence-corrected chi connectivity index (χ3v) is 19.3. The van der Waals surface area contributed by atoms with Crippen molar-refractivity contribution in [3.63, 3.8) is 0 Å². The predicted octanol–water partition coefficient (Wildman–Crippen LogP) is 21.3. The minimum atomic E-state index is -4.96. The average molecular weight is 1370 g/mol. The topological polar surface area (TPSA) is 237 Å². The monoisotopic (exact) mass is 1370 g/mol. The Bertz CT molecular complexity index is 1840. The molecule has 3 unspecified atom stereocenters. The molecular weight excluding hydrogens is 1220 g/mol. The predicted molar refractivity (Wildman–Crippen MR) is 377 cm³/mol. The fourth-order valence-electron chi connectivity index (χ4n) is 11.2. The van der Waals surface area contributed by atoms with Crippen LogP contribution >= 0.6 is 15.6 Å². The van der Waals surface area contributed by atoms with Crippen molar-refractivity contribution in [3.05, 3.63) is 0 Å². The van der Waals surface area contributed by atoms with Crippen LogP contribution in [-0.4, -0.2) is 96.7 Å². The zero-order chi connectivity index (χ0) is 68.9. The molecule has 19 heteroatoms. The molecule has 0 aliphatic carbocycles. The van der Waals surface area contributed by atoms with Crippen LogP contribution in [0.25, 0.3) is 0 Å². The summed E-state index contributed by atoms with van der Waals surface area (Å²) in [5, 5.41) is 10.6. The Kier molecular flexibility index (Phi) is 62.2. The molecule has 0 amide bonds. The molecule has 6 atom stereocenters. The molecule has 0 aromatic rings. The van der Waals surface area contributed by atoms with Crippen LogP contribution in [0.4, 0.5) is 0 Å². The molecule has 0 aliphatic heterocycles. The Labute approximate surface area is 568 Å². The summed E-state index contributed by atoms with van der Waals surface area (Å²) >= 11 is 0. The van der Waals surface area contributed by atoms with Gasteiger partial charge in [-0.3, -0.25) is 37.3 Å². The molecule has 0 radical (unpaired) electrons. The number of phosphoric ester groups is 2. The Balaban J connectivity index is 5.26. The molecule has 0 saturated heterocycles. The van der Waals surface area contributed by atoms with Gasteiger partial charge in [0.15, 0.2) is 12.2 Å². The van der Waals surface area contributed by atoms with Crippen LogP contribution in [0.2, 0.25) is 0 Å². The van der Waals surface area contributed by atoms with Crippen molar-refractivity contribution in [2.24, 2.45) is 23.7 Å². The van der Waals surface area contributed by atoms with E-state index in [1.807, 2.05) is 0 Å². The van der Waals surface area contributed by atoms with E-state index in [0.29, 0.717) is 25.7 Å². The van der Waals surface area contributed by atoms with Crippen LogP contribution in [0.1, 0.15) is 370 Å². The molecule has 93 heavy (non-hydrogen) atoms. The molecular formula is C74H144O17P2. The normalized spacial score (nSPS) is 14.5. The lowest BCUT2D eigenvalue weighted by Gasteiger charge is -2.21. The molecule has 0 spiro atoms. The fraction of sp³-hybridized carbons (Fsp3) is 0.946. The Morgan fingerprint density at radius 1 is 0.301 bits per heavy atom.